The van der Waals surface area contributed by atoms with Gasteiger partial charge in [-0.2, -0.15) is 15.0 Å². The third-order valence-electron chi connectivity index (χ3n) is 2.83. The van der Waals surface area contributed by atoms with Crippen molar-refractivity contribution in [2.75, 3.05) is 0 Å². The Balaban J connectivity index is 1.99. The average Bonchev–Trinajstić information content (AvgIpc) is 2.81. The molecule has 0 aliphatic rings. The lowest BCUT2D eigenvalue weighted by Crippen LogP contribution is -2.06. The van der Waals surface area contributed by atoms with Gasteiger partial charge in [0.25, 0.3) is 5.69 Å². The molecule has 0 atom stereocenters. The molecule has 0 aliphatic carbocycles. The number of hydrogen-bond acceptors (Lipinski definition) is 4. The van der Waals surface area contributed by atoms with E-state index in [4.69, 9.17) is 0 Å². The van der Waals surface area contributed by atoms with Crippen LogP contribution in [0.5, 0.6) is 0 Å². The van der Waals surface area contributed by atoms with Crippen LogP contribution in [0, 0.1) is 10.1 Å². The van der Waals surface area contributed by atoms with E-state index in [0.717, 1.165) is 11.0 Å². The summed E-state index contributed by atoms with van der Waals surface area (Å²) in [6.07, 6.45) is 0. The first kappa shape index (κ1) is 11.3. The fourth-order valence-electron chi connectivity index (χ4n) is 1.95. The van der Waals surface area contributed by atoms with Crippen LogP contribution in [0.15, 0.2) is 48.5 Å². The van der Waals surface area contributed by atoms with Crippen molar-refractivity contribution < 1.29 is 4.92 Å². The van der Waals surface area contributed by atoms with Gasteiger partial charge in [0.1, 0.15) is 11.0 Å². The maximum absolute atomic E-state index is 10.9. The Morgan fingerprint density at radius 2 is 1.58 bits per heavy atom. The van der Waals surface area contributed by atoms with Crippen molar-refractivity contribution in [1.82, 2.24) is 15.0 Å². The second-order valence-electron chi connectivity index (χ2n) is 4.10. The van der Waals surface area contributed by atoms with Crippen molar-refractivity contribution in [3.63, 3.8) is 0 Å². The maximum Gasteiger partial charge on any atom is 0.274 e. The summed E-state index contributed by atoms with van der Waals surface area (Å²) in [6, 6.07) is 14.1. The molecule has 1 heterocycles. The molecule has 0 unspecified atom stereocenters. The SMILES string of the molecule is O=[N+]([O-])c1ccccc1Cn1nc2ccccc2n1. The van der Waals surface area contributed by atoms with Gasteiger partial charge in [0.2, 0.25) is 0 Å². The highest BCUT2D eigenvalue weighted by atomic mass is 16.6. The Bertz CT molecular complexity index is 718. The fourth-order valence-corrected chi connectivity index (χ4v) is 1.95. The molecule has 0 aliphatic heterocycles. The van der Waals surface area contributed by atoms with Crippen molar-refractivity contribution >= 4 is 16.7 Å². The Morgan fingerprint density at radius 3 is 2.21 bits per heavy atom. The van der Waals surface area contributed by atoms with Crippen molar-refractivity contribution in [3.05, 3.63) is 64.2 Å². The molecule has 6 nitrogen and oxygen atoms in total. The van der Waals surface area contributed by atoms with E-state index >= 15 is 0 Å². The highest BCUT2D eigenvalue weighted by Gasteiger charge is 2.13. The molecule has 2 aromatic carbocycles. The number of nitrogens with zero attached hydrogens (tertiary/aromatic N) is 4. The quantitative estimate of drug-likeness (QED) is 0.531. The topological polar surface area (TPSA) is 73.8 Å². The molecular weight excluding hydrogens is 244 g/mol. The van der Waals surface area contributed by atoms with Crippen LogP contribution in [-0.4, -0.2) is 19.9 Å². The predicted molar refractivity (Wildman–Crippen MR) is 69.7 cm³/mol. The van der Waals surface area contributed by atoms with Crippen molar-refractivity contribution in [2.45, 2.75) is 6.54 Å². The van der Waals surface area contributed by atoms with Gasteiger partial charge in [0, 0.05) is 6.07 Å². The first-order valence-corrected chi connectivity index (χ1v) is 5.76. The summed E-state index contributed by atoms with van der Waals surface area (Å²) in [4.78, 5) is 12.0. The zero-order valence-electron chi connectivity index (χ0n) is 9.93. The molecule has 6 heteroatoms. The number of hydrogen-bond donors (Lipinski definition) is 0. The first-order chi connectivity index (χ1) is 9.24. The summed E-state index contributed by atoms with van der Waals surface area (Å²) >= 11 is 0. The molecule has 0 N–H and O–H groups in total. The molecule has 0 bridgehead atoms. The number of benzene rings is 2. The Labute approximate surface area is 108 Å². The fraction of sp³-hybridized carbons (Fsp3) is 0.0769. The van der Waals surface area contributed by atoms with Gasteiger partial charge in [-0.1, -0.05) is 30.3 Å². The van der Waals surface area contributed by atoms with E-state index in [0.29, 0.717) is 5.56 Å². The highest BCUT2D eigenvalue weighted by Crippen LogP contribution is 2.18. The van der Waals surface area contributed by atoms with Crippen molar-refractivity contribution in [2.24, 2.45) is 0 Å². The lowest BCUT2D eigenvalue weighted by atomic mass is 10.2. The van der Waals surface area contributed by atoms with Gasteiger partial charge in [0.15, 0.2) is 0 Å². The summed E-state index contributed by atoms with van der Waals surface area (Å²) in [6.45, 7) is 0.284. The molecule has 94 valence electrons. The van der Waals surface area contributed by atoms with E-state index < -0.39 is 4.92 Å². The minimum absolute atomic E-state index is 0.0869. The van der Waals surface area contributed by atoms with Gasteiger partial charge >= 0.3 is 0 Å². The van der Waals surface area contributed by atoms with E-state index in [1.165, 1.54) is 10.9 Å². The molecule has 0 radical (unpaired) electrons. The monoisotopic (exact) mass is 254 g/mol. The van der Waals surface area contributed by atoms with E-state index in [1.54, 1.807) is 18.2 Å². The standard InChI is InChI=1S/C13H10N4O2/c18-17(19)13-8-4-1-5-10(13)9-16-14-11-6-2-3-7-12(11)15-16/h1-8H,9H2. The lowest BCUT2D eigenvalue weighted by molar-refractivity contribution is -0.385. The van der Waals surface area contributed by atoms with Crippen molar-refractivity contribution in [1.29, 1.82) is 0 Å². The Morgan fingerprint density at radius 1 is 1.00 bits per heavy atom. The number of fused-ring (bicyclic) bond motifs is 1. The molecule has 0 spiro atoms. The third-order valence-corrected chi connectivity index (χ3v) is 2.83. The number of rotatable bonds is 3. The minimum atomic E-state index is -0.390. The van der Waals surface area contributed by atoms with E-state index in [1.807, 2.05) is 24.3 Å². The normalized spacial score (nSPS) is 10.7. The number of nitro groups is 1. The van der Waals surface area contributed by atoms with Gasteiger partial charge in [0.05, 0.1) is 17.0 Å². The molecule has 1 aromatic heterocycles. The number of nitro benzene ring substituents is 1. The van der Waals surface area contributed by atoms with E-state index in [9.17, 15) is 10.1 Å². The number of para-hydroxylation sites is 1. The molecule has 3 aromatic rings. The zero-order valence-corrected chi connectivity index (χ0v) is 9.93. The van der Waals surface area contributed by atoms with Crippen LogP contribution >= 0.6 is 0 Å². The largest absolute Gasteiger partial charge is 0.274 e. The van der Waals surface area contributed by atoms with Crippen LogP contribution in [0.1, 0.15) is 5.56 Å². The molecule has 3 rings (SSSR count). The van der Waals surface area contributed by atoms with Gasteiger partial charge in [-0.15, -0.1) is 0 Å². The molecule has 0 saturated heterocycles. The lowest BCUT2D eigenvalue weighted by Gasteiger charge is -2.01. The molecule has 0 saturated carbocycles. The third kappa shape index (κ3) is 2.15. The minimum Gasteiger partial charge on any atom is -0.258 e. The second kappa shape index (κ2) is 4.49. The summed E-state index contributed by atoms with van der Waals surface area (Å²) in [5.74, 6) is 0. The molecular formula is C13H10N4O2. The van der Waals surface area contributed by atoms with Crippen LogP contribution in [0.4, 0.5) is 5.69 Å². The zero-order chi connectivity index (χ0) is 13.2. The smallest absolute Gasteiger partial charge is 0.258 e. The van der Waals surface area contributed by atoms with Crippen LogP contribution in [0.2, 0.25) is 0 Å². The van der Waals surface area contributed by atoms with Crippen LogP contribution in [-0.2, 0) is 6.54 Å². The Hall–Kier alpha value is -2.76. The van der Waals surface area contributed by atoms with Gasteiger partial charge in [-0.25, -0.2) is 0 Å². The molecule has 19 heavy (non-hydrogen) atoms. The molecule has 0 amide bonds. The Kier molecular flexibility index (Phi) is 2.68. The maximum atomic E-state index is 10.9. The predicted octanol–water partition coefficient (Wildman–Crippen LogP) is 2.39. The second-order valence-corrected chi connectivity index (χ2v) is 4.10. The summed E-state index contributed by atoms with van der Waals surface area (Å²) in [5, 5.41) is 19.5. The van der Waals surface area contributed by atoms with E-state index in [2.05, 4.69) is 10.2 Å². The first-order valence-electron chi connectivity index (χ1n) is 5.76. The van der Waals surface area contributed by atoms with Gasteiger partial charge in [-0.3, -0.25) is 10.1 Å². The van der Waals surface area contributed by atoms with Crippen LogP contribution < -0.4 is 0 Å². The number of aromatic nitrogens is 3. The average molecular weight is 254 g/mol. The van der Waals surface area contributed by atoms with E-state index in [-0.39, 0.29) is 12.2 Å². The van der Waals surface area contributed by atoms with Gasteiger partial charge < -0.3 is 0 Å². The summed E-state index contributed by atoms with van der Waals surface area (Å²) in [5.41, 5.74) is 2.24. The molecule has 0 fully saturated rings. The highest BCUT2D eigenvalue weighted by molar-refractivity contribution is 5.73. The summed E-state index contributed by atoms with van der Waals surface area (Å²) in [7, 11) is 0. The van der Waals surface area contributed by atoms with Gasteiger partial charge in [-0.05, 0) is 12.1 Å². The van der Waals surface area contributed by atoms with Crippen molar-refractivity contribution in [3.8, 4) is 0 Å². The van der Waals surface area contributed by atoms with Crippen LogP contribution in [0.3, 0.4) is 0 Å². The van der Waals surface area contributed by atoms with Crippen LogP contribution in [0.25, 0.3) is 11.0 Å². The summed E-state index contributed by atoms with van der Waals surface area (Å²) < 4.78 is 0.